The number of alkyl halides is 6. The smallest absolute Gasteiger partial charge is 0.406 e. The van der Waals surface area contributed by atoms with Crippen LogP contribution in [0.25, 0.3) is 10.2 Å². The zero-order valence-electron chi connectivity index (χ0n) is 14.0. The zero-order chi connectivity index (χ0) is 21.2. The van der Waals surface area contributed by atoms with Crippen LogP contribution in [0.3, 0.4) is 0 Å². The van der Waals surface area contributed by atoms with Crippen molar-refractivity contribution in [2.24, 2.45) is 10.7 Å². The largest absolute Gasteiger partial charge is 0.573 e. The Morgan fingerprint density at radius 2 is 1.52 bits per heavy atom. The Hall–Kier alpha value is -3.22. The molecule has 0 aliphatic carbocycles. The predicted molar refractivity (Wildman–Crippen MR) is 94.3 cm³/mol. The zero-order valence-corrected chi connectivity index (χ0v) is 14.8. The first kappa shape index (κ1) is 20.5. The normalized spacial score (nSPS) is 12.8. The number of fused-ring (bicyclic) bond motifs is 1. The van der Waals surface area contributed by atoms with E-state index in [1.54, 1.807) is 0 Å². The van der Waals surface area contributed by atoms with Crippen LogP contribution in [-0.4, -0.2) is 23.7 Å². The van der Waals surface area contributed by atoms with E-state index in [1.165, 1.54) is 24.3 Å². The fourth-order valence-corrected chi connectivity index (χ4v) is 3.03. The number of benzene rings is 2. The quantitative estimate of drug-likeness (QED) is 0.336. The van der Waals surface area contributed by atoms with Crippen molar-refractivity contribution < 1.29 is 35.8 Å². The number of anilines is 1. The lowest BCUT2D eigenvalue weighted by Gasteiger charge is -2.09. The van der Waals surface area contributed by atoms with Gasteiger partial charge in [0.25, 0.3) is 0 Å². The van der Waals surface area contributed by atoms with E-state index in [0.29, 0.717) is 15.9 Å². The van der Waals surface area contributed by atoms with E-state index in [-0.39, 0.29) is 11.1 Å². The van der Waals surface area contributed by atoms with Gasteiger partial charge in [-0.2, -0.15) is 4.99 Å². The van der Waals surface area contributed by atoms with Crippen molar-refractivity contribution in [2.75, 3.05) is 5.32 Å². The number of thiazole rings is 1. The minimum atomic E-state index is -4.81. The van der Waals surface area contributed by atoms with E-state index < -0.39 is 24.2 Å². The molecule has 3 N–H and O–H groups in total. The van der Waals surface area contributed by atoms with Gasteiger partial charge in [-0.25, -0.2) is 4.98 Å². The van der Waals surface area contributed by atoms with Gasteiger partial charge in [0.1, 0.15) is 11.5 Å². The number of halogens is 6. The summed E-state index contributed by atoms with van der Waals surface area (Å²) in [5.74, 6) is -0.918. The van der Waals surface area contributed by atoms with Crippen molar-refractivity contribution in [1.82, 2.24) is 4.98 Å². The highest BCUT2D eigenvalue weighted by atomic mass is 32.1. The molecule has 0 aliphatic heterocycles. The summed E-state index contributed by atoms with van der Waals surface area (Å²) in [5, 5.41) is 2.81. The lowest BCUT2D eigenvalue weighted by molar-refractivity contribution is -0.275. The van der Waals surface area contributed by atoms with E-state index in [9.17, 15) is 26.3 Å². The Morgan fingerprint density at radius 3 is 2.14 bits per heavy atom. The molecule has 29 heavy (non-hydrogen) atoms. The summed E-state index contributed by atoms with van der Waals surface area (Å²) in [6.45, 7) is 0. The number of nitrogens with two attached hydrogens (primary N) is 1. The summed E-state index contributed by atoms with van der Waals surface area (Å²) in [4.78, 5) is 8.11. The molecular weight excluding hydrogens is 426 g/mol. The van der Waals surface area contributed by atoms with Crippen molar-refractivity contribution in [3.63, 3.8) is 0 Å². The molecule has 0 spiro atoms. The molecular formula is C16H10F6N4O2S. The molecule has 0 saturated carbocycles. The lowest BCUT2D eigenvalue weighted by Crippen LogP contribution is -2.22. The molecule has 0 aliphatic rings. The van der Waals surface area contributed by atoms with Gasteiger partial charge in [0.2, 0.25) is 11.1 Å². The molecule has 0 amide bonds. The number of hydrogen-bond acceptors (Lipinski definition) is 5. The Balaban J connectivity index is 1.71. The molecule has 1 aromatic heterocycles. The van der Waals surface area contributed by atoms with Gasteiger partial charge in [-0.15, -0.1) is 26.3 Å². The third-order valence-corrected chi connectivity index (χ3v) is 4.07. The van der Waals surface area contributed by atoms with Gasteiger partial charge in [0.05, 0.1) is 10.2 Å². The van der Waals surface area contributed by atoms with E-state index in [4.69, 9.17) is 5.73 Å². The maximum atomic E-state index is 12.3. The van der Waals surface area contributed by atoms with Gasteiger partial charge in [0.15, 0.2) is 0 Å². The number of nitrogens with zero attached hydrogens (tertiary/aromatic N) is 2. The van der Waals surface area contributed by atoms with Crippen molar-refractivity contribution in [3.05, 3.63) is 42.5 Å². The third kappa shape index (κ3) is 6.14. The van der Waals surface area contributed by atoms with Crippen molar-refractivity contribution in [1.29, 1.82) is 0 Å². The summed E-state index contributed by atoms with van der Waals surface area (Å²) in [7, 11) is 0. The minimum Gasteiger partial charge on any atom is -0.406 e. The van der Waals surface area contributed by atoms with Gasteiger partial charge < -0.3 is 20.5 Å². The maximum Gasteiger partial charge on any atom is 0.573 e. The van der Waals surface area contributed by atoms with Crippen LogP contribution in [0.2, 0.25) is 0 Å². The van der Waals surface area contributed by atoms with E-state index in [0.717, 1.165) is 29.5 Å². The molecule has 0 radical (unpaired) electrons. The molecule has 13 heteroatoms. The molecule has 0 unspecified atom stereocenters. The Bertz CT molecular complexity index is 1030. The number of guanidine groups is 1. The van der Waals surface area contributed by atoms with Gasteiger partial charge in [0, 0.05) is 11.8 Å². The number of hydrogen-bond donors (Lipinski definition) is 2. The second kappa shape index (κ2) is 7.66. The monoisotopic (exact) mass is 436 g/mol. The fraction of sp³-hybridized carbons (Fsp3) is 0.125. The summed E-state index contributed by atoms with van der Waals surface area (Å²) in [6, 6.07) is 8.39. The van der Waals surface area contributed by atoms with E-state index in [1.807, 2.05) is 0 Å². The van der Waals surface area contributed by atoms with Crippen molar-refractivity contribution in [2.45, 2.75) is 12.7 Å². The first-order chi connectivity index (χ1) is 13.5. The SMILES string of the molecule is NC(=Nc1nc2ccc(OC(F)(F)F)cc2s1)Nc1ccc(OC(F)(F)F)cc1. The molecule has 3 aromatic rings. The van der Waals surface area contributed by atoms with Gasteiger partial charge >= 0.3 is 12.7 Å². The number of rotatable bonds is 4. The highest BCUT2D eigenvalue weighted by Gasteiger charge is 2.31. The van der Waals surface area contributed by atoms with Crippen LogP contribution in [0.5, 0.6) is 11.5 Å². The minimum absolute atomic E-state index is 0.125. The second-order valence-electron chi connectivity index (χ2n) is 5.37. The third-order valence-electron chi connectivity index (χ3n) is 3.16. The fourth-order valence-electron chi connectivity index (χ4n) is 2.16. The number of aromatic nitrogens is 1. The lowest BCUT2D eigenvalue weighted by atomic mass is 10.3. The molecule has 0 bridgehead atoms. The first-order valence-electron chi connectivity index (χ1n) is 7.60. The van der Waals surface area contributed by atoms with E-state index in [2.05, 4.69) is 24.8 Å². The number of aliphatic imine (C=N–C) groups is 1. The average Bonchev–Trinajstić information content (AvgIpc) is 2.95. The predicted octanol–water partition coefficient (Wildman–Crippen LogP) is 5.15. The Labute approximate surface area is 162 Å². The maximum absolute atomic E-state index is 12.3. The molecule has 1 heterocycles. The van der Waals surface area contributed by atoms with Crippen LogP contribution in [-0.2, 0) is 0 Å². The van der Waals surface area contributed by atoms with Gasteiger partial charge in [-0.3, -0.25) is 0 Å². The molecule has 154 valence electrons. The second-order valence-corrected chi connectivity index (χ2v) is 6.38. The first-order valence-corrected chi connectivity index (χ1v) is 8.42. The highest BCUT2D eigenvalue weighted by molar-refractivity contribution is 7.22. The van der Waals surface area contributed by atoms with Gasteiger partial charge in [-0.05, 0) is 36.4 Å². The van der Waals surface area contributed by atoms with Crippen LogP contribution < -0.4 is 20.5 Å². The summed E-state index contributed by atoms with van der Waals surface area (Å²) in [5.41, 5.74) is 6.46. The molecule has 0 fully saturated rings. The van der Waals surface area contributed by atoms with Crippen molar-refractivity contribution >= 4 is 38.3 Å². The van der Waals surface area contributed by atoms with Crippen LogP contribution in [0.4, 0.5) is 37.2 Å². The summed E-state index contributed by atoms with van der Waals surface area (Å²) in [6.07, 6.45) is -9.61. The van der Waals surface area contributed by atoms with Gasteiger partial charge in [-0.1, -0.05) is 11.3 Å². The molecule has 0 saturated heterocycles. The Morgan fingerprint density at radius 1 is 0.931 bits per heavy atom. The molecule has 3 rings (SSSR count). The van der Waals surface area contributed by atoms with Crippen LogP contribution >= 0.6 is 11.3 Å². The van der Waals surface area contributed by atoms with Crippen LogP contribution in [0.15, 0.2) is 47.5 Å². The summed E-state index contributed by atoms with van der Waals surface area (Å²) < 4.78 is 81.3. The van der Waals surface area contributed by atoms with Crippen LogP contribution in [0.1, 0.15) is 0 Å². The number of nitrogens with one attached hydrogen (secondary N) is 1. The van der Waals surface area contributed by atoms with E-state index >= 15 is 0 Å². The Kier molecular flexibility index (Phi) is 5.42. The van der Waals surface area contributed by atoms with Crippen molar-refractivity contribution in [3.8, 4) is 11.5 Å². The van der Waals surface area contributed by atoms with Crippen LogP contribution in [0, 0.1) is 0 Å². The average molecular weight is 436 g/mol. The molecule has 2 aromatic carbocycles. The topological polar surface area (TPSA) is 81.8 Å². The molecule has 6 nitrogen and oxygen atoms in total. The summed E-state index contributed by atoms with van der Waals surface area (Å²) >= 11 is 0.974. The standard InChI is InChI=1S/C16H10F6N4O2S/c17-15(18,19)27-9-3-1-8(2-4-9)24-13(23)26-14-25-11-6-5-10(7-12(11)29-14)28-16(20,21)22/h1-7H,(H3,23,24,25,26). The highest BCUT2D eigenvalue weighted by Crippen LogP contribution is 2.33. The molecule has 0 atom stereocenters. The number of ether oxygens (including phenoxy) is 2.